The van der Waals surface area contributed by atoms with Crippen LogP contribution in [0.1, 0.15) is 45.4 Å². The van der Waals surface area contributed by atoms with Gasteiger partial charge in [-0.05, 0) is 32.1 Å². The van der Waals surface area contributed by atoms with E-state index >= 15 is 0 Å². The number of nitrogens with one attached hydrogen (secondary N) is 2. The van der Waals surface area contributed by atoms with E-state index in [0.717, 1.165) is 12.8 Å². The third kappa shape index (κ3) is 5.32. The van der Waals surface area contributed by atoms with Gasteiger partial charge in [0.25, 0.3) is 0 Å². The van der Waals surface area contributed by atoms with E-state index in [1.54, 1.807) is 0 Å². The summed E-state index contributed by atoms with van der Waals surface area (Å²) >= 11 is 0. The van der Waals surface area contributed by atoms with E-state index < -0.39 is 18.0 Å². The van der Waals surface area contributed by atoms with Gasteiger partial charge in [0.15, 0.2) is 0 Å². The molecule has 5 nitrogen and oxygen atoms in total. The summed E-state index contributed by atoms with van der Waals surface area (Å²) in [5.74, 6) is -0.539. The lowest BCUT2D eigenvalue weighted by molar-refractivity contribution is -0.139. The number of carboxylic acid groups (broad SMARTS) is 1. The van der Waals surface area contributed by atoms with Crippen molar-refractivity contribution >= 4 is 12.0 Å². The molecule has 1 rings (SSSR count). The van der Waals surface area contributed by atoms with Crippen LogP contribution in [-0.2, 0) is 4.79 Å². The smallest absolute Gasteiger partial charge is 0.326 e. The summed E-state index contributed by atoms with van der Waals surface area (Å²) in [5.41, 5.74) is 0. The van der Waals surface area contributed by atoms with Crippen LogP contribution in [-0.4, -0.2) is 29.2 Å². The number of carbonyl (C=O) groups is 2. The highest BCUT2D eigenvalue weighted by Gasteiger charge is 2.23. The molecule has 2 unspecified atom stereocenters. The lowest BCUT2D eigenvalue weighted by Gasteiger charge is -2.28. The molecule has 2 atom stereocenters. The van der Waals surface area contributed by atoms with Gasteiger partial charge in [-0.3, -0.25) is 0 Å². The normalized spacial score (nSPS) is 19.2. The Bertz CT molecular complexity index is 325. The molecule has 0 radical (unpaired) electrons. The molecule has 2 amide bonds. The van der Waals surface area contributed by atoms with Crippen molar-refractivity contribution in [3.8, 4) is 0 Å². The van der Waals surface area contributed by atoms with Crippen molar-refractivity contribution in [1.29, 1.82) is 0 Å². The Hall–Kier alpha value is -1.52. The van der Waals surface area contributed by atoms with Crippen LogP contribution in [0.2, 0.25) is 0 Å². The molecular weight excluding hydrogens is 244 g/mol. The molecule has 0 bridgehead atoms. The molecule has 0 spiro atoms. The Balaban J connectivity index is 2.40. The molecular formula is C14H24N2O3. The summed E-state index contributed by atoms with van der Waals surface area (Å²) in [6, 6.07) is -1.23. The van der Waals surface area contributed by atoms with Gasteiger partial charge in [0, 0.05) is 6.04 Å². The molecule has 0 saturated heterocycles. The highest BCUT2D eigenvalue weighted by molar-refractivity contribution is 5.82. The molecule has 3 N–H and O–H groups in total. The molecule has 0 heterocycles. The van der Waals surface area contributed by atoms with Crippen molar-refractivity contribution in [1.82, 2.24) is 10.6 Å². The molecule has 108 valence electrons. The molecule has 0 aromatic heterocycles. The van der Waals surface area contributed by atoms with Crippen LogP contribution >= 0.6 is 0 Å². The van der Waals surface area contributed by atoms with E-state index in [1.807, 2.05) is 6.92 Å². The molecule has 1 aliphatic carbocycles. The Kier molecular flexibility index (Phi) is 6.39. The van der Waals surface area contributed by atoms with Crippen molar-refractivity contribution in [2.24, 2.45) is 5.92 Å². The fourth-order valence-electron chi connectivity index (χ4n) is 2.55. The van der Waals surface area contributed by atoms with Gasteiger partial charge in [-0.2, -0.15) is 0 Å². The predicted molar refractivity (Wildman–Crippen MR) is 73.9 cm³/mol. The minimum Gasteiger partial charge on any atom is -0.480 e. The summed E-state index contributed by atoms with van der Waals surface area (Å²) < 4.78 is 0. The summed E-state index contributed by atoms with van der Waals surface area (Å²) in [6.45, 7) is 5.47. The van der Waals surface area contributed by atoms with Gasteiger partial charge < -0.3 is 15.7 Å². The topological polar surface area (TPSA) is 78.4 Å². The van der Waals surface area contributed by atoms with Gasteiger partial charge in [-0.1, -0.05) is 25.3 Å². The van der Waals surface area contributed by atoms with E-state index in [2.05, 4.69) is 17.2 Å². The fourth-order valence-corrected chi connectivity index (χ4v) is 2.55. The monoisotopic (exact) mass is 268 g/mol. The molecule has 1 saturated carbocycles. The van der Waals surface area contributed by atoms with Crippen molar-refractivity contribution in [2.45, 2.75) is 57.5 Å². The molecule has 5 heteroatoms. The minimum atomic E-state index is -1.04. The zero-order chi connectivity index (χ0) is 14.3. The summed E-state index contributed by atoms with van der Waals surface area (Å²) in [5, 5.41) is 14.3. The Morgan fingerprint density at radius 3 is 2.47 bits per heavy atom. The minimum absolute atomic E-state index is 0.0819. The van der Waals surface area contributed by atoms with Crippen molar-refractivity contribution in [3.05, 3.63) is 12.7 Å². The van der Waals surface area contributed by atoms with E-state index in [0.29, 0.717) is 5.92 Å². The Labute approximate surface area is 114 Å². The van der Waals surface area contributed by atoms with Crippen molar-refractivity contribution < 1.29 is 14.7 Å². The van der Waals surface area contributed by atoms with Crippen molar-refractivity contribution in [2.75, 3.05) is 0 Å². The number of hydrogen-bond acceptors (Lipinski definition) is 2. The highest BCUT2D eigenvalue weighted by Crippen LogP contribution is 2.26. The number of urea groups is 1. The second-order valence-corrected chi connectivity index (χ2v) is 5.22. The van der Waals surface area contributed by atoms with Gasteiger partial charge in [-0.15, -0.1) is 6.58 Å². The molecule has 19 heavy (non-hydrogen) atoms. The first-order chi connectivity index (χ1) is 9.04. The second kappa shape index (κ2) is 7.81. The maximum Gasteiger partial charge on any atom is 0.326 e. The standard InChI is InChI=1S/C14H24N2O3/c1-3-7-12(13(17)18)16-14(19)15-10(2)11-8-5-4-6-9-11/h3,10-12H,1,4-9H2,2H3,(H,17,18)(H2,15,16,19). The largest absolute Gasteiger partial charge is 0.480 e. The van der Waals surface area contributed by atoms with Gasteiger partial charge in [0.2, 0.25) is 0 Å². The first kappa shape index (κ1) is 15.5. The van der Waals surface area contributed by atoms with Crippen LogP contribution in [0.4, 0.5) is 4.79 Å². The third-order valence-corrected chi connectivity index (χ3v) is 3.72. The second-order valence-electron chi connectivity index (χ2n) is 5.22. The van der Waals surface area contributed by atoms with Crippen LogP contribution in [0.5, 0.6) is 0 Å². The molecule has 0 aromatic carbocycles. The Morgan fingerprint density at radius 1 is 1.32 bits per heavy atom. The SMILES string of the molecule is C=CCC(NC(=O)NC(C)C1CCCCC1)C(=O)O. The van der Waals surface area contributed by atoms with E-state index in [9.17, 15) is 9.59 Å². The van der Waals surface area contributed by atoms with Crippen molar-refractivity contribution in [3.63, 3.8) is 0 Å². The average molecular weight is 268 g/mol. The van der Waals surface area contributed by atoms with E-state index in [1.165, 1.54) is 25.3 Å². The lowest BCUT2D eigenvalue weighted by Crippen LogP contribution is -2.50. The number of carbonyl (C=O) groups excluding carboxylic acids is 1. The van der Waals surface area contributed by atoms with E-state index in [-0.39, 0.29) is 12.5 Å². The van der Waals surface area contributed by atoms with Gasteiger partial charge in [0.05, 0.1) is 0 Å². The van der Waals surface area contributed by atoms with Crippen LogP contribution < -0.4 is 10.6 Å². The summed E-state index contributed by atoms with van der Waals surface area (Å²) in [7, 11) is 0. The maximum atomic E-state index is 11.8. The van der Waals surface area contributed by atoms with Gasteiger partial charge in [0.1, 0.15) is 6.04 Å². The van der Waals surface area contributed by atoms with Crippen LogP contribution in [0.25, 0.3) is 0 Å². The molecule has 1 aliphatic rings. The van der Waals surface area contributed by atoms with E-state index in [4.69, 9.17) is 5.11 Å². The number of rotatable bonds is 6. The quantitative estimate of drug-likeness (QED) is 0.647. The number of hydrogen-bond donors (Lipinski definition) is 3. The molecule has 0 aromatic rings. The molecule has 1 fully saturated rings. The zero-order valence-corrected chi connectivity index (χ0v) is 11.5. The third-order valence-electron chi connectivity index (χ3n) is 3.72. The summed E-state index contributed by atoms with van der Waals surface area (Å²) in [4.78, 5) is 22.7. The van der Waals surface area contributed by atoms with Crippen LogP contribution in [0, 0.1) is 5.92 Å². The van der Waals surface area contributed by atoms with Crippen LogP contribution in [0.15, 0.2) is 12.7 Å². The van der Waals surface area contributed by atoms with Gasteiger partial charge in [-0.25, -0.2) is 9.59 Å². The lowest BCUT2D eigenvalue weighted by atomic mass is 9.85. The summed E-state index contributed by atoms with van der Waals surface area (Å²) in [6.07, 6.45) is 7.69. The average Bonchev–Trinajstić information content (AvgIpc) is 2.39. The first-order valence-corrected chi connectivity index (χ1v) is 6.95. The van der Waals surface area contributed by atoms with Gasteiger partial charge >= 0.3 is 12.0 Å². The Morgan fingerprint density at radius 2 is 1.95 bits per heavy atom. The predicted octanol–water partition coefficient (Wildman–Crippen LogP) is 2.28. The fraction of sp³-hybridized carbons (Fsp3) is 0.714. The number of carboxylic acids is 1. The number of aliphatic carboxylic acids is 1. The maximum absolute atomic E-state index is 11.8. The molecule has 0 aliphatic heterocycles. The number of amides is 2. The zero-order valence-electron chi connectivity index (χ0n) is 11.5. The highest BCUT2D eigenvalue weighted by atomic mass is 16.4. The first-order valence-electron chi connectivity index (χ1n) is 6.95. The van der Waals surface area contributed by atoms with Crippen LogP contribution in [0.3, 0.4) is 0 Å².